The van der Waals surface area contributed by atoms with Crippen LogP contribution in [0.1, 0.15) is 40.7 Å². The van der Waals surface area contributed by atoms with Gasteiger partial charge < -0.3 is 4.74 Å². The number of carbonyl (C=O) groups is 1. The zero-order valence-electron chi connectivity index (χ0n) is 15.4. The van der Waals surface area contributed by atoms with Crippen molar-refractivity contribution in [2.75, 3.05) is 0 Å². The third kappa shape index (κ3) is 3.51. The average molecular weight is 417 g/mol. The van der Waals surface area contributed by atoms with Gasteiger partial charge in [-0.1, -0.05) is 36.7 Å². The number of hydrogen-bond donors (Lipinski definition) is 0. The molecular formula is C23H16ClF3O2. The highest BCUT2D eigenvalue weighted by molar-refractivity contribution is 6.32. The minimum Gasteiger partial charge on any atom is -0.488 e. The maximum absolute atomic E-state index is 14.3. The molecule has 3 aromatic carbocycles. The maximum atomic E-state index is 14.3. The van der Waals surface area contributed by atoms with Crippen molar-refractivity contribution in [2.45, 2.75) is 25.9 Å². The van der Waals surface area contributed by atoms with Crippen molar-refractivity contribution in [3.8, 4) is 16.9 Å². The quantitative estimate of drug-likeness (QED) is 0.473. The average Bonchev–Trinajstić information content (AvgIpc) is 3.00. The third-order valence-corrected chi connectivity index (χ3v) is 5.44. The second kappa shape index (κ2) is 7.56. The van der Waals surface area contributed by atoms with Crippen molar-refractivity contribution >= 4 is 17.4 Å². The Labute approximate surface area is 170 Å². The molecule has 0 saturated carbocycles. The maximum Gasteiger partial charge on any atom is 0.167 e. The van der Waals surface area contributed by atoms with Crippen molar-refractivity contribution in [1.29, 1.82) is 0 Å². The fraction of sp³-hybridized carbons (Fsp3) is 0.174. The molecule has 29 heavy (non-hydrogen) atoms. The van der Waals surface area contributed by atoms with Gasteiger partial charge in [0.25, 0.3) is 0 Å². The Morgan fingerprint density at radius 3 is 2.66 bits per heavy atom. The van der Waals surface area contributed by atoms with Crippen LogP contribution in [0.25, 0.3) is 11.1 Å². The molecule has 1 aliphatic rings. The van der Waals surface area contributed by atoms with E-state index in [0.717, 1.165) is 11.6 Å². The van der Waals surface area contributed by atoms with E-state index in [2.05, 4.69) is 0 Å². The normalized spacial score (nSPS) is 15.5. The van der Waals surface area contributed by atoms with Crippen LogP contribution in [0.5, 0.6) is 5.75 Å². The number of rotatable bonds is 4. The van der Waals surface area contributed by atoms with E-state index < -0.39 is 17.5 Å². The van der Waals surface area contributed by atoms with Gasteiger partial charge in [-0.2, -0.15) is 0 Å². The highest BCUT2D eigenvalue weighted by atomic mass is 35.5. The van der Waals surface area contributed by atoms with Crippen molar-refractivity contribution in [2.24, 2.45) is 0 Å². The summed E-state index contributed by atoms with van der Waals surface area (Å²) in [6.45, 7) is 1.74. The lowest BCUT2D eigenvalue weighted by molar-refractivity contribution is 0.0986. The molecule has 0 aliphatic heterocycles. The lowest BCUT2D eigenvalue weighted by Gasteiger charge is -2.14. The van der Waals surface area contributed by atoms with Crippen LogP contribution in [0, 0.1) is 17.5 Å². The second-order valence-corrected chi connectivity index (χ2v) is 7.47. The monoisotopic (exact) mass is 416 g/mol. The summed E-state index contributed by atoms with van der Waals surface area (Å²) in [5.74, 6) is -2.27. The summed E-state index contributed by atoms with van der Waals surface area (Å²) in [6.07, 6.45) is 0.345. The molecular weight excluding hydrogens is 401 g/mol. The lowest BCUT2D eigenvalue weighted by Crippen LogP contribution is -2.04. The van der Waals surface area contributed by atoms with E-state index in [0.29, 0.717) is 28.3 Å². The SMILES string of the molecule is CC1CC(=O)c2c(OCc3cc(-c4cccc(F)c4F)ccc3F)ccc(Cl)c21. The molecule has 0 radical (unpaired) electrons. The first-order valence-electron chi connectivity index (χ1n) is 9.08. The fourth-order valence-electron chi connectivity index (χ4n) is 3.68. The number of ketones is 1. The zero-order chi connectivity index (χ0) is 20.7. The van der Waals surface area contributed by atoms with Crippen LogP contribution in [0.15, 0.2) is 48.5 Å². The number of carbonyl (C=O) groups excluding carboxylic acids is 1. The van der Waals surface area contributed by atoms with Crippen LogP contribution in [0.2, 0.25) is 5.02 Å². The lowest BCUT2D eigenvalue weighted by atomic mass is 10.0. The number of hydrogen-bond acceptors (Lipinski definition) is 2. The molecule has 0 fully saturated rings. The Kier molecular flexibility index (Phi) is 5.09. The molecule has 0 bridgehead atoms. The molecule has 3 aromatic rings. The van der Waals surface area contributed by atoms with Gasteiger partial charge in [-0.3, -0.25) is 4.79 Å². The minimum absolute atomic E-state index is 0.00966. The van der Waals surface area contributed by atoms with Crippen LogP contribution >= 0.6 is 11.6 Å². The summed E-state index contributed by atoms with van der Waals surface area (Å²) in [6, 6.07) is 11.0. The second-order valence-electron chi connectivity index (χ2n) is 7.06. The summed E-state index contributed by atoms with van der Waals surface area (Å²) < 4.78 is 47.7. The number of fused-ring (bicyclic) bond motifs is 1. The van der Waals surface area contributed by atoms with E-state index in [1.807, 2.05) is 6.92 Å². The number of benzene rings is 3. The van der Waals surface area contributed by atoms with E-state index in [4.69, 9.17) is 16.3 Å². The highest BCUT2D eigenvalue weighted by Crippen LogP contribution is 2.42. The smallest absolute Gasteiger partial charge is 0.167 e. The summed E-state index contributed by atoms with van der Waals surface area (Å²) in [4.78, 5) is 12.3. The van der Waals surface area contributed by atoms with Crippen LogP contribution < -0.4 is 4.74 Å². The molecule has 1 atom stereocenters. The van der Waals surface area contributed by atoms with E-state index in [9.17, 15) is 18.0 Å². The molecule has 0 N–H and O–H groups in total. The predicted octanol–water partition coefficient (Wildman–Crippen LogP) is 6.69. The third-order valence-electron chi connectivity index (χ3n) is 5.11. The Balaban J connectivity index is 1.65. The van der Waals surface area contributed by atoms with Gasteiger partial charge >= 0.3 is 0 Å². The van der Waals surface area contributed by atoms with Gasteiger partial charge in [0.05, 0.1) is 5.56 Å². The summed E-state index contributed by atoms with van der Waals surface area (Å²) in [5.41, 5.74) is 1.69. The van der Waals surface area contributed by atoms with E-state index in [-0.39, 0.29) is 29.4 Å². The summed E-state index contributed by atoms with van der Waals surface area (Å²) in [7, 11) is 0. The molecule has 0 heterocycles. The first kappa shape index (κ1) is 19.5. The molecule has 4 rings (SSSR count). The van der Waals surface area contributed by atoms with Gasteiger partial charge in [-0.15, -0.1) is 0 Å². The molecule has 0 saturated heterocycles. The first-order chi connectivity index (χ1) is 13.9. The molecule has 6 heteroatoms. The van der Waals surface area contributed by atoms with Crippen LogP contribution in [0.3, 0.4) is 0 Å². The number of ether oxygens (including phenoxy) is 1. The Morgan fingerprint density at radius 1 is 1.07 bits per heavy atom. The number of halogens is 4. The first-order valence-corrected chi connectivity index (χ1v) is 9.45. The highest BCUT2D eigenvalue weighted by Gasteiger charge is 2.31. The molecule has 148 valence electrons. The van der Waals surface area contributed by atoms with Crippen molar-refractivity contribution in [1.82, 2.24) is 0 Å². The Hall–Kier alpha value is -2.79. The van der Waals surface area contributed by atoms with Gasteiger partial charge in [-0.05, 0) is 47.4 Å². The molecule has 0 spiro atoms. The minimum atomic E-state index is -0.999. The van der Waals surface area contributed by atoms with Crippen LogP contribution in [-0.2, 0) is 6.61 Å². The Morgan fingerprint density at radius 2 is 1.86 bits per heavy atom. The molecule has 2 nitrogen and oxygen atoms in total. The van der Waals surface area contributed by atoms with E-state index >= 15 is 0 Å². The standard InChI is InChI=1S/C23H16ClF3O2/c1-12-9-19(28)22-20(8-6-16(24)21(12)22)29-11-14-10-13(5-7-17(14)25)15-3-2-4-18(26)23(15)27/h2-8,10,12H,9,11H2,1H3. The van der Waals surface area contributed by atoms with E-state index in [1.54, 1.807) is 12.1 Å². The largest absolute Gasteiger partial charge is 0.488 e. The summed E-state index contributed by atoms with van der Waals surface area (Å²) >= 11 is 6.23. The molecule has 0 amide bonds. The number of Topliss-reactive ketones (excluding diaryl/α,β-unsaturated/α-hetero) is 1. The van der Waals surface area contributed by atoms with Gasteiger partial charge in [0, 0.05) is 22.6 Å². The van der Waals surface area contributed by atoms with Gasteiger partial charge in [-0.25, -0.2) is 13.2 Å². The van der Waals surface area contributed by atoms with Gasteiger partial charge in [0.1, 0.15) is 18.2 Å². The molecule has 1 aliphatic carbocycles. The van der Waals surface area contributed by atoms with E-state index in [1.165, 1.54) is 30.3 Å². The van der Waals surface area contributed by atoms with Crippen molar-refractivity contribution in [3.05, 3.63) is 87.7 Å². The topological polar surface area (TPSA) is 26.3 Å². The fourth-order valence-corrected chi connectivity index (χ4v) is 4.02. The molecule has 0 aromatic heterocycles. The van der Waals surface area contributed by atoms with Gasteiger partial charge in [0.15, 0.2) is 17.4 Å². The van der Waals surface area contributed by atoms with Crippen molar-refractivity contribution < 1.29 is 22.7 Å². The Bertz CT molecular complexity index is 1130. The summed E-state index contributed by atoms with van der Waals surface area (Å²) in [5, 5.41) is 0.500. The van der Waals surface area contributed by atoms with Crippen LogP contribution in [0.4, 0.5) is 13.2 Å². The predicted molar refractivity (Wildman–Crippen MR) is 105 cm³/mol. The molecule has 1 unspecified atom stereocenters. The zero-order valence-corrected chi connectivity index (χ0v) is 16.2. The van der Waals surface area contributed by atoms with Crippen molar-refractivity contribution in [3.63, 3.8) is 0 Å². The van der Waals surface area contributed by atoms with Gasteiger partial charge in [0.2, 0.25) is 0 Å². The van der Waals surface area contributed by atoms with Crippen LogP contribution in [-0.4, -0.2) is 5.78 Å².